The number of imidazole rings is 1. The number of hydrogen-bond donors (Lipinski definition) is 0. The molecule has 2 aromatic carbocycles. The van der Waals surface area contributed by atoms with Gasteiger partial charge in [-0.25, -0.2) is 4.98 Å². The van der Waals surface area contributed by atoms with Gasteiger partial charge in [0, 0.05) is 19.3 Å². The van der Waals surface area contributed by atoms with Crippen LogP contribution in [0.5, 0.6) is 0 Å². The van der Waals surface area contributed by atoms with E-state index in [9.17, 15) is 8.42 Å². The molecule has 4 aromatic rings. The molecular formula is C20H18N4O3S. The number of aryl methyl sites for hydroxylation is 1. The van der Waals surface area contributed by atoms with E-state index in [0.717, 1.165) is 22.4 Å². The summed E-state index contributed by atoms with van der Waals surface area (Å²) in [5, 5.41) is 0. The third-order valence-electron chi connectivity index (χ3n) is 4.91. The standard InChI is InChI=1S/C20H18N4O3S/c1-14-6-8-16(9-7-14)28(25,26)27-15-12-23(13-15)19-10-11-24-18-5-3-2-4-17(18)21-20(24)22-19/h2-11,15H,12-13H2,1H3. The van der Waals surface area contributed by atoms with E-state index < -0.39 is 10.1 Å². The van der Waals surface area contributed by atoms with Crippen LogP contribution in [0.2, 0.25) is 0 Å². The van der Waals surface area contributed by atoms with Gasteiger partial charge in [-0.3, -0.25) is 8.58 Å². The molecule has 0 radical (unpaired) electrons. The second-order valence-corrected chi connectivity index (χ2v) is 8.52. The molecule has 28 heavy (non-hydrogen) atoms. The Kier molecular flexibility index (Phi) is 3.85. The van der Waals surface area contributed by atoms with E-state index in [1.165, 1.54) is 0 Å². The highest BCUT2D eigenvalue weighted by Gasteiger charge is 2.33. The van der Waals surface area contributed by atoms with E-state index in [2.05, 4.69) is 9.97 Å². The molecule has 142 valence electrons. The summed E-state index contributed by atoms with van der Waals surface area (Å²) < 4.78 is 32.1. The van der Waals surface area contributed by atoms with Gasteiger partial charge in [-0.1, -0.05) is 29.8 Å². The lowest BCUT2D eigenvalue weighted by Crippen LogP contribution is -2.53. The Morgan fingerprint density at radius 2 is 1.75 bits per heavy atom. The Morgan fingerprint density at radius 1 is 1.00 bits per heavy atom. The monoisotopic (exact) mass is 394 g/mol. The van der Waals surface area contributed by atoms with E-state index in [1.54, 1.807) is 24.3 Å². The first kappa shape index (κ1) is 17.2. The Bertz CT molecular complexity index is 1280. The zero-order valence-electron chi connectivity index (χ0n) is 15.2. The molecule has 7 nitrogen and oxygen atoms in total. The molecule has 0 amide bonds. The van der Waals surface area contributed by atoms with Crippen molar-refractivity contribution in [1.29, 1.82) is 0 Å². The minimum absolute atomic E-state index is 0.181. The first-order valence-corrected chi connectivity index (χ1v) is 10.4. The molecule has 0 spiro atoms. The largest absolute Gasteiger partial charge is 0.351 e. The SMILES string of the molecule is Cc1ccc(S(=O)(=O)OC2CN(c3ccn4c(n3)nc3ccccc34)C2)cc1. The van der Waals surface area contributed by atoms with Crippen LogP contribution in [0.3, 0.4) is 0 Å². The maximum Gasteiger partial charge on any atom is 0.297 e. The van der Waals surface area contributed by atoms with Crippen LogP contribution in [0.1, 0.15) is 5.56 Å². The van der Waals surface area contributed by atoms with Gasteiger partial charge < -0.3 is 4.90 Å². The fraction of sp³-hybridized carbons (Fsp3) is 0.200. The Balaban J connectivity index is 1.31. The van der Waals surface area contributed by atoms with Crippen molar-refractivity contribution < 1.29 is 12.6 Å². The van der Waals surface area contributed by atoms with Crippen LogP contribution in [0.25, 0.3) is 16.8 Å². The van der Waals surface area contributed by atoms with Crippen molar-refractivity contribution in [3.63, 3.8) is 0 Å². The fourth-order valence-electron chi connectivity index (χ4n) is 3.34. The van der Waals surface area contributed by atoms with E-state index >= 15 is 0 Å². The number of fused-ring (bicyclic) bond motifs is 3. The molecule has 1 fully saturated rings. The third kappa shape index (κ3) is 2.90. The third-order valence-corrected chi connectivity index (χ3v) is 6.28. The quantitative estimate of drug-likeness (QED) is 0.496. The topological polar surface area (TPSA) is 76.8 Å². The molecule has 0 unspecified atom stereocenters. The molecule has 0 aliphatic carbocycles. The summed E-state index contributed by atoms with van der Waals surface area (Å²) >= 11 is 0. The smallest absolute Gasteiger partial charge is 0.297 e. The van der Waals surface area contributed by atoms with Gasteiger partial charge in [0.2, 0.25) is 5.78 Å². The van der Waals surface area contributed by atoms with Crippen molar-refractivity contribution in [2.75, 3.05) is 18.0 Å². The van der Waals surface area contributed by atoms with Gasteiger partial charge in [-0.05, 0) is 37.3 Å². The normalized spacial score (nSPS) is 15.2. The molecule has 1 aliphatic rings. The zero-order valence-corrected chi connectivity index (χ0v) is 16.0. The van der Waals surface area contributed by atoms with Crippen LogP contribution in [0, 0.1) is 6.92 Å². The molecular weight excluding hydrogens is 376 g/mol. The van der Waals surface area contributed by atoms with Crippen molar-refractivity contribution in [2.45, 2.75) is 17.9 Å². The average Bonchev–Trinajstić information content (AvgIpc) is 3.02. The highest BCUT2D eigenvalue weighted by Crippen LogP contribution is 2.25. The molecule has 0 bridgehead atoms. The van der Waals surface area contributed by atoms with Crippen molar-refractivity contribution in [3.05, 3.63) is 66.4 Å². The van der Waals surface area contributed by atoms with Gasteiger partial charge in [-0.15, -0.1) is 0 Å². The first-order chi connectivity index (χ1) is 13.5. The summed E-state index contributed by atoms with van der Waals surface area (Å²) in [6.45, 7) is 2.84. The number of aromatic nitrogens is 3. The highest BCUT2D eigenvalue weighted by molar-refractivity contribution is 7.86. The lowest BCUT2D eigenvalue weighted by atomic mass is 10.2. The van der Waals surface area contributed by atoms with Gasteiger partial charge in [0.1, 0.15) is 11.9 Å². The molecule has 0 atom stereocenters. The Hall–Kier alpha value is -2.97. The number of hydrogen-bond acceptors (Lipinski definition) is 6. The minimum Gasteiger partial charge on any atom is -0.351 e. The fourth-order valence-corrected chi connectivity index (χ4v) is 4.40. The Morgan fingerprint density at radius 3 is 2.54 bits per heavy atom. The number of nitrogens with zero attached hydrogens (tertiary/aromatic N) is 4. The predicted octanol–water partition coefficient (Wildman–Crippen LogP) is 2.79. The lowest BCUT2D eigenvalue weighted by molar-refractivity contribution is 0.174. The van der Waals surface area contributed by atoms with E-state index in [0.29, 0.717) is 18.9 Å². The molecule has 0 saturated carbocycles. The van der Waals surface area contributed by atoms with Gasteiger partial charge >= 0.3 is 0 Å². The van der Waals surface area contributed by atoms with E-state index in [-0.39, 0.29) is 11.0 Å². The van der Waals surface area contributed by atoms with Crippen LogP contribution in [0.4, 0.5) is 5.82 Å². The molecule has 1 aliphatic heterocycles. The van der Waals surface area contributed by atoms with Crippen molar-refractivity contribution >= 4 is 32.7 Å². The molecule has 3 heterocycles. The Labute approximate surface area is 162 Å². The van der Waals surface area contributed by atoms with Gasteiger partial charge in [0.25, 0.3) is 10.1 Å². The number of rotatable bonds is 4. The van der Waals surface area contributed by atoms with E-state index in [1.807, 2.05) is 52.8 Å². The molecule has 2 aromatic heterocycles. The number of para-hydroxylation sites is 2. The second kappa shape index (κ2) is 6.29. The summed E-state index contributed by atoms with van der Waals surface area (Å²) in [6, 6.07) is 16.4. The van der Waals surface area contributed by atoms with Gasteiger partial charge in [0.15, 0.2) is 0 Å². The lowest BCUT2D eigenvalue weighted by Gasteiger charge is -2.38. The summed E-state index contributed by atoms with van der Waals surface area (Å²) in [5.74, 6) is 1.38. The van der Waals surface area contributed by atoms with Crippen LogP contribution in [0.15, 0.2) is 65.7 Å². The molecule has 0 N–H and O–H groups in total. The minimum atomic E-state index is -3.76. The van der Waals surface area contributed by atoms with Crippen molar-refractivity contribution in [1.82, 2.24) is 14.4 Å². The van der Waals surface area contributed by atoms with Crippen molar-refractivity contribution in [3.8, 4) is 0 Å². The summed E-state index contributed by atoms with van der Waals surface area (Å²) in [5.41, 5.74) is 2.90. The zero-order chi connectivity index (χ0) is 19.3. The van der Waals surface area contributed by atoms with Crippen LogP contribution in [-0.4, -0.2) is 42.0 Å². The van der Waals surface area contributed by atoms with Gasteiger partial charge in [0.05, 0.1) is 15.9 Å². The molecule has 1 saturated heterocycles. The summed E-state index contributed by atoms with van der Waals surface area (Å²) in [6.07, 6.45) is 1.55. The summed E-state index contributed by atoms with van der Waals surface area (Å²) in [7, 11) is -3.76. The highest BCUT2D eigenvalue weighted by atomic mass is 32.2. The maximum absolute atomic E-state index is 12.4. The maximum atomic E-state index is 12.4. The van der Waals surface area contributed by atoms with Gasteiger partial charge in [-0.2, -0.15) is 13.4 Å². The summed E-state index contributed by atoms with van der Waals surface area (Å²) in [4.78, 5) is 11.3. The number of anilines is 1. The second-order valence-electron chi connectivity index (χ2n) is 6.95. The molecule has 8 heteroatoms. The average molecular weight is 394 g/mol. The van der Waals surface area contributed by atoms with Crippen LogP contribution in [-0.2, 0) is 14.3 Å². The van der Waals surface area contributed by atoms with E-state index in [4.69, 9.17) is 4.18 Å². The number of benzene rings is 2. The predicted molar refractivity (Wildman–Crippen MR) is 106 cm³/mol. The van der Waals surface area contributed by atoms with Crippen molar-refractivity contribution in [2.24, 2.45) is 0 Å². The van der Waals surface area contributed by atoms with Crippen LogP contribution < -0.4 is 4.90 Å². The van der Waals surface area contributed by atoms with Crippen LogP contribution >= 0.6 is 0 Å². The first-order valence-electron chi connectivity index (χ1n) is 8.98. The molecule has 5 rings (SSSR count).